The highest BCUT2D eigenvalue weighted by molar-refractivity contribution is 9.10. The summed E-state index contributed by atoms with van der Waals surface area (Å²) in [7, 11) is 0. The van der Waals surface area contributed by atoms with E-state index in [4.69, 9.17) is 4.74 Å². The van der Waals surface area contributed by atoms with E-state index < -0.39 is 30.0 Å². The van der Waals surface area contributed by atoms with Crippen molar-refractivity contribution < 1.29 is 22.7 Å². The van der Waals surface area contributed by atoms with Crippen LogP contribution < -0.4 is 5.32 Å². The molecule has 0 unspecified atom stereocenters. The smallest absolute Gasteiger partial charge is 0.381 e. The molecule has 0 spiro atoms. The maximum atomic E-state index is 13.5. The van der Waals surface area contributed by atoms with Crippen LogP contribution in [-0.4, -0.2) is 28.7 Å². The van der Waals surface area contributed by atoms with Crippen LogP contribution in [0.3, 0.4) is 0 Å². The number of aromatic nitrogens is 2. The monoisotopic (exact) mass is 481 g/mol. The zero-order valence-electron chi connectivity index (χ0n) is 15.9. The first-order valence-corrected chi connectivity index (χ1v) is 10.3. The molecule has 4 rings (SSSR count). The molecule has 1 fully saturated rings. The number of amides is 1. The van der Waals surface area contributed by atoms with Gasteiger partial charge in [0.25, 0.3) is 0 Å². The lowest BCUT2D eigenvalue weighted by Gasteiger charge is -2.38. The molecule has 3 aromatic rings. The molecule has 0 saturated carbocycles. The van der Waals surface area contributed by atoms with Crippen LogP contribution in [-0.2, 0) is 27.8 Å². The van der Waals surface area contributed by atoms with Crippen LogP contribution >= 0.6 is 15.9 Å². The molecule has 5 nitrogen and oxygen atoms in total. The zero-order valence-corrected chi connectivity index (χ0v) is 17.5. The summed E-state index contributed by atoms with van der Waals surface area (Å²) in [6, 6.07) is 13.8. The second-order valence-electron chi connectivity index (χ2n) is 7.26. The van der Waals surface area contributed by atoms with Crippen molar-refractivity contribution in [2.24, 2.45) is 0 Å². The molecule has 0 radical (unpaired) electrons. The number of alkyl halides is 3. The first-order chi connectivity index (χ1) is 14.3. The van der Waals surface area contributed by atoms with Crippen molar-refractivity contribution in [1.82, 2.24) is 14.9 Å². The molecular formula is C21H19BrF3N3O2. The fourth-order valence-corrected chi connectivity index (χ4v) is 4.29. The van der Waals surface area contributed by atoms with Gasteiger partial charge in [-0.3, -0.25) is 4.79 Å². The maximum Gasteiger partial charge on any atom is 0.449 e. The Morgan fingerprint density at radius 2 is 1.90 bits per heavy atom. The van der Waals surface area contributed by atoms with E-state index in [0.717, 1.165) is 14.6 Å². The quantitative estimate of drug-likeness (QED) is 0.590. The summed E-state index contributed by atoms with van der Waals surface area (Å²) < 4.78 is 47.9. The third-order valence-electron chi connectivity index (χ3n) is 5.31. The van der Waals surface area contributed by atoms with Crippen LogP contribution in [0, 0.1) is 0 Å². The van der Waals surface area contributed by atoms with Crippen molar-refractivity contribution in [1.29, 1.82) is 0 Å². The molecule has 2 aromatic carbocycles. The van der Waals surface area contributed by atoms with Gasteiger partial charge >= 0.3 is 6.18 Å². The molecule has 1 N–H and O–H groups in total. The molecule has 9 heteroatoms. The Morgan fingerprint density at radius 1 is 1.17 bits per heavy atom. The van der Waals surface area contributed by atoms with E-state index in [1.165, 1.54) is 12.1 Å². The Morgan fingerprint density at radius 3 is 2.60 bits per heavy atom. The Hall–Kier alpha value is -2.39. The van der Waals surface area contributed by atoms with Crippen LogP contribution in [0.15, 0.2) is 53.0 Å². The fraction of sp³-hybridized carbons (Fsp3) is 0.333. The Kier molecular flexibility index (Phi) is 5.59. The van der Waals surface area contributed by atoms with Crippen molar-refractivity contribution in [2.75, 3.05) is 13.2 Å². The lowest BCUT2D eigenvalue weighted by molar-refractivity contribution is -0.147. The third kappa shape index (κ3) is 4.09. The molecule has 1 aromatic heterocycles. The van der Waals surface area contributed by atoms with Crippen molar-refractivity contribution in [3.8, 4) is 0 Å². The zero-order chi connectivity index (χ0) is 21.4. The minimum Gasteiger partial charge on any atom is -0.381 e. The highest BCUT2D eigenvalue weighted by Crippen LogP contribution is 2.34. The molecule has 158 valence electrons. The van der Waals surface area contributed by atoms with Crippen molar-refractivity contribution in [3.63, 3.8) is 0 Å². The number of carbonyl (C=O) groups is 1. The van der Waals surface area contributed by atoms with Gasteiger partial charge in [0.15, 0.2) is 0 Å². The number of benzene rings is 2. The van der Waals surface area contributed by atoms with Gasteiger partial charge in [-0.15, -0.1) is 0 Å². The van der Waals surface area contributed by atoms with Gasteiger partial charge in [0, 0.05) is 17.7 Å². The van der Waals surface area contributed by atoms with Crippen LogP contribution in [0.25, 0.3) is 11.0 Å². The Balaban J connectivity index is 1.67. The average molecular weight is 482 g/mol. The van der Waals surface area contributed by atoms with Crippen LogP contribution in [0.1, 0.15) is 24.2 Å². The number of ether oxygens (including phenoxy) is 1. The molecule has 1 aliphatic heterocycles. The minimum absolute atomic E-state index is 0.199. The molecule has 0 atom stereocenters. The molecule has 0 aliphatic carbocycles. The highest BCUT2D eigenvalue weighted by atomic mass is 79.9. The van der Waals surface area contributed by atoms with Gasteiger partial charge in [-0.2, -0.15) is 13.2 Å². The first-order valence-electron chi connectivity index (χ1n) is 9.46. The largest absolute Gasteiger partial charge is 0.449 e. The predicted molar refractivity (Wildman–Crippen MR) is 109 cm³/mol. The van der Waals surface area contributed by atoms with Gasteiger partial charge < -0.3 is 14.6 Å². The number of carbonyl (C=O) groups excluding carboxylic acids is 1. The molecule has 1 amide bonds. The summed E-state index contributed by atoms with van der Waals surface area (Å²) >= 11 is 3.44. The summed E-state index contributed by atoms with van der Waals surface area (Å²) in [5, 5.41) is 3.00. The number of halogens is 4. The number of nitrogens with one attached hydrogen (secondary N) is 1. The van der Waals surface area contributed by atoms with Crippen molar-refractivity contribution in [3.05, 3.63) is 64.4 Å². The van der Waals surface area contributed by atoms with Gasteiger partial charge in [-0.05, 0) is 42.7 Å². The van der Waals surface area contributed by atoms with Gasteiger partial charge in [0.2, 0.25) is 11.7 Å². The molecule has 2 heterocycles. The lowest BCUT2D eigenvalue weighted by atomic mass is 9.82. The van der Waals surface area contributed by atoms with Crippen LogP contribution in [0.2, 0.25) is 0 Å². The second kappa shape index (κ2) is 8.03. The summed E-state index contributed by atoms with van der Waals surface area (Å²) in [4.78, 5) is 16.7. The van der Waals surface area contributed by atoms with E-state index in [9.17, 15) is 18.0 Å². The molecular weight excluding hydrogens is 463 g/mol. The van der Waals surface area contributed by atoms with Crippen LogP contribution in [0.4, 0.5) is 13.2 Å². The summed E-state index contributed by atoms with van der Waals surface area (Å²) in [6.07, 6.45) is -3.60. The SMILES string of the molecule is O=C(Cn1c(C(F)(F)F)nc2ccccc21)NC1(c2cccc(Br)c2)CCOCC1. The fourth-order valence-electron chi connectivity index (χ4n) is 3.89. The number of para-hydroxylation sites is 2. The van der Waals surface area contributed by atoms with E-state index in [-0.39, 0.29) is 11.0 Å². The standard InChI is InChI=1S/C21H19BrF3N3O2/c22-15-5-3-4-14(12-15)20(8-10-30-11-9-20)27-18(29)13-28-17-7-2-1-6-16(17)26-19(28)21(23,24)25/h1-7,12H,8-11,13H2,(H,27,29). The van der Waals surface area contributed by atoms with Crippen LogP contribution in [0.5, 0.6) is 0 Å². The molecule has 1 aliphatic rings. The summed E-state index contributed by atoms with van der Waals surface area (Å²) in [5.41, 5.74) is 0.655. The summed E-state index contributed by atoms with van der Waals surface area (Å²) in [5.74, 6) is -1.59. The van der Waals surface area contributed by atoms with E-state index in [1.807, 2.05) is 24.3 Å². The number of rotatable bonds is 4. The van der Waals surface area contributed by atoms with Gasteiger partial charge in [-0.1, -0.05) is 40.2 Å². The van der Waals surface area contributed by atoms with Gasteiger partial charge in [0.05, 0.1) is 16.6 Å². The average Bonchev–Trinajstić information content (AvgIpc) is 3.08. The Bertz CT molecular complexity index is 1070. The van der Waals surface area contributed by atoms with E-state index in [1.54, 1.807) is 12.1 Å². The van der Waals surface area contributed by atoms with E-state index in [2.05, 4.69) is 26.2 Å². The maximum absolute atomic E-state index is 13.5. The summed E-state index contributed by atoms with van der Waals surface area (Å²) in [6.45, 7) is 0.426. The number of imidazole rings is 1. The molecule has 1 saturated heterocycles. The topological polar surface area (TPSA) is 56.2 Å². The molecule has 0 bridgehead atoms. The third-order valence-corrected chi connectivity index (χ3v) is 5.81. The van der Waals surface area contributed by atoms with Crippen molar-refractivity contribution >= 4 is 32.9 Å². The van der Waals surface area contributed by atoms with E-state index in [0.29, 0.717) is 26.1 Å². The number of hydrogen-bond acceptors (Lipinski definition) is 3. The number of hydrogen-bond donors (Lipinski definition) is 1. The van der Waals surface area contributed by atoms with Gasteiger partial charge in [-0.25, -0.2) is 4.98 Å². The molecule has 30 heavy (non-hydrogen) atoms. The highest BCUT2D eigenvalue weighted by Gasteiger charge is 2.39. The second-order valence-corrected chi connectivity index (χ2v) is 8.18. The number of nitrogens with zero attached hydrogens (tertiary/aromatic N) is 2. The van der Waals surface area contributed by atoms with Crippen molar-refractivity contribution in [2.45, 2.75) is 31.1 Å². The number of fused-ring (bicyclic) bond motifs is 1. The first kappa shape index (κ1) is 20.9. The predicted octanol–water partition coefficient (Wildman–Crippen LogP) is 4.64. The minimum atomic E-state index is -4.67. The lowest BCUT2D eigenvalue weighted by Crippen LogP contribution is -2.50. The Labute approximate surface area is 179 Å². The normalized spacial score (nSPS) is 16.5. The van der Waals surface area contributed by atoms with Gasteiger partial charge in [0.1, 0.15) is 6.54 Å². The van der Waals surface area contributed by atoms with E-state index >= 15 is 0 Å².